The largest absolute Gasteiger partial charge is 0.469 e. The molecule has 3 rings (SSSR count). The van der Waals surface area contributed by atoms with Gasteiger partial charge >= 0.3 is 5.97 Å². The minimum absolute atomic E-state index is 0.116. The van der Waals surface area contributed by atoms with E-state index in [9.17, 15) is 4.79 Å². The van der Waals surface area contributed by atoms with Crippen LogP contribution in [0.2, 0.25) is 0 Å². The number of carbonyl (C=O) groups excluding carboxylic acids is 1. The number of fused-ring (bicyclic) bond motifs is 1. The fourth-order valence-electron chi connectivity index (χ4n) is 3.47. The Morgan fingerprint density at radius 3 is 2.56 bits per heavy atom. The zero-order valence-corrected chi connectivity index (χ0v) is 15.2. The van der Waals surface area contributed by atoms with Crippen molar-refractivity contribution >= 4 is 16.9 Å². The third-order valence-corrected chi connectivity index (χ3v) is 4.86. The van der Waals surface area contributed by atoms with Crippen molar-refractivity contribution in [3.8, 4) is 0 Å². The van der Waals surface area contributed by atoms with E-state index >= 15 is 0 Å². The van der Waals surface area contributed by atoms with E-state index in [1.54, 1.807) is 0 Å². The van der Waals surface area contributed by atoms with E-state index in [1.807, 2.05) is 6.07 Å². The van der Waals surface area contributed by atoms with E-state index in [-0.39, 0.29) is 11.9 Å². The second-order valence-electron chi connectivity index (χ2n) is 6.54. The smallest absolute Gasteiger partial charge is 0.306 e. The molecule has 3 heteroatoms. The average Bonchev–Trinajstić information content (AvgIpc) is 3.05. The van der Waals surface area contributed by atoms with Gasteiger partial charge in [-0.2, -0.15) is 0 Å². The summed E-state index contributed by atoms with van der Waals surface area (Å²) in [4.78, 5) is 11.7. The molecule has 0 aliphatic carbocycles. The fourth-order valence-corrected chi connectivity index (χ4v) is 3.47. The Morgan fingerprint density at radius 2 is 1.88 bits per heavy atom. The molecule has 0 bridgehead atoms. The van der Waals surface area contributed by atoms with Gasteiger partial charge < -0.3 is 9.30 Å². The summed E-state index contributed by atoms with van der Waals surface area (Å²) in [7, 11) is 1.45. The van der Waals surface area contributed by atoms with Crippen LogP contribution in [0, 0.1) is 0 Å². The summed E-state index contributed by atoms with van der Waals surface area (Å²) in [5.74, 6) is -0.0494. The van der Waals surface area contributed by atoms with Gasteiger partial charge in [-0.05, 0) is 35.1 Å². The number of benzene rings is 2. The molecule has 0 amide bonds. The van der Waals surface area contributed by atoms with Gasteiger partial charge in [0.15, 0.2) is 0 Å². The lowest BCUT2D eigenvalue weighted by atomic mass is 9.93. The van der Waals surface area contributed by atoms with Crippen molar-refractivity contribution in [1.29, 1.82) is 0 Å². The molecule has 0 saturated carbocycles. The lowest BCUT2D eigenvalue weighted by Gasteiger charge is -2.17. The second kappa shape index (κ2) is 7.56. The number of aromatic nitrogens is 1. The molecular weight excluding hydrogens is 310 g/mol. The minimum Gasteiger partial charge on any atom is -0.469 e. The van der Waals surface area contributed by atoms with Gasteiger partial charge in [-0.15, -0.1) is 0 Å². The Hall–Kier alpha value is -2.55. The topological polar surface area (TPSA) is 31.2 Å². The van der Waals surface area contributed by atoms with Crippen molar-refractivity contribution in [3.63, 3.8) is 0 Å². The predicted octanol–water partition coefficient (Wildman–Crippen LogP) is 4.92. The molecule has 0 aliphatic heterocycles. The predicted molar refractivity (Wildman–Crippen MR) is 102 cm³/mol. The van der Waals surface area contributed by atoms with Crippen LogP contribution in [0.3, 0.4) is 0 Å². The van der Waals surface area contributed by atoms with Crippen LogP contribution in [0.15, 0.2) is 54.7 Å². The summed E-state index contributed by atoms with van der Waals surface area (Å²) < 4.78 is 7.16. The molecule has 25 heavy (non-hydrogen) atoms. The van der Waals surface area contributed by atoms with Crippen molar-refractivity contribution in [2.75, 3.05) is 7.11 Å². The first kappa shape index (κ1) is 17.3. The Balaban J connectivity index is 2.07. The van der Waals surface area contributed by atoms with Crippen molar-refractivity contribution < 1.29 is 9.53 Å². The summed E-state index contributed by atoms with van der Waals surface area (Å²) in [6.45, 7) is 5.10. The molecule has 0 saturated heterocycles. The Kier molecular flexibility index (Phi) is 5.22. The summed E-state index contributed by atoms with van der Waals surface area (Å²) in [5, 5.41) is 1.28. The Morgan fingerprint density at radius 1 is 1.12 bits per heavy atom. The number of hydrogen-bond donors (Lipinski definition) is 0. The number of ether oxygens (including phenoxy) is 1. The normalized spacial score (nSPS) is 12.3. The molecule has 0 spiro atoms. The van der Waals surface area contributed by atoms with Crippen LogP contribution < -0.4 is 0 Å². The maximum Gasteiger partial charge on any atom is 0.306 e. The molecule has 1 atom stereocenters. The van der Waals surface area contributed by atoms with Crippen molar-refractivity contribution in [2.24, 2.45) is 0 Å². The maximum absolute atomic E-state index is 11.7. The average molecular weight is 335 g/mol. The van der Waals surface area contributed by atoms with Crippen LogP contribution in [0.5, 0.6) is 0 Å². The van der Waals surface area contributed by atoms with E-state index < -0.39 is 0 Å². The lowest BCUT2D eigenvalue weighted by molar-refractivity contribution is -0.140. The molecule has 0 radical (unpaired) electrons. The number of methoxy groups -OCH3 is 1. The van der Waals surface area contributed by atoms with Gasteiger partial charge in [0.25, 0.3) is 0 Å². The molecule has 0 aliphatic rings. The van der Waals surface area contributed by atoms with Gasteiger partial charge in [0.05, 0.1) is 19.0 Å². The number of esters is 1. The van der Waals surface area contributed by atoms with Crippen LogP contribution >= 0.6 is 0 Å². The first-order valence-corrected chi connectivity index (χ1v) is 8.85. The van der Waals surface area contributed by atoms with E-state index in [4.69, 9.17) is 4.74 Å². The zero-order valence-electron chi connectivity index (χ0n) is 15.2. The van der Waals surface area contributed by atoms with Crippen molar-refractivity contribution in [3.05, 3.63) is 71.4 Å². The summed E-state index contributed by atoms with van der Waals surface area (Å²) >= 11 is 0. The molecule has 1 unspecified atom stereocenters. The quantitative estimate of drug-likeness (QED) is 0.599. The first-order valence-electron chi connectivity index (χ1n) is 8.85. The molecule has 130 valence electrons. The Bertz CT molecular complexity index is 864. The van der Waals surface area contributed by atoms with Gasteiger partial charge in [-0.1, -0.05) is 56.3 Å². The third-order valence-electron chi connectivity index (χ3n) is 4.86. The molecule has 2 aromatic carbocycles. The highest BCUT2D eigenvalue weighted by Gasteiger charge is 2.18. The first-order chi connectivity index (χ1) is 12.1. The standard InChI is InChI=1S/C22H25NO2/c1-4-18-10-11-19(16(2)14-21(24)25-3)22-20(18)12-13-23(22)15-17-8-6-5-7-9-17/h5-13,16H,4,14-15H2,1-3H3. The molecule has 3 nitrogen and oxygen atoms in total. The molecule has 1 aromatic heterocycles. The monoisotopic (exact) mass is 335 g/mol. The maximum atomic E-state index is 11.7. The molecule has 1 heterocycles. The number of hydrogen-bond acceptors (Lipinski definition) is 2. The number of rotatable bonds is 6. The van der Waals surface area contributed by atoms with E-state index in [0.717, 1.165) is 13.0 Å². The van der Waals surface area contributed by atoms with E-state index in [1.165, 1.54) is 34.7 Å². The van der Waals surface area contributed by atoms with Gasteiger partial charge in [0, 0.05) is 18.1 Å². The highest BCUT2D eigenvalue weighted by atomic mass is 16.5. The fraction of sp³-hybridized carbons (Fsp3) is 0.318. The van der Waals surface area contributed by atoms with Crippen molar-refractivity contribution in [2.45, 2.75) is 39.2 Å². The SMILES string of the molecule is CCc1ccc(C(C)CC(=O)OC)c2c1ccn2Cc1ccccc1. The highest BCUT2D eigenvalue weighted by molar-refractivity contribution is 5.88. The minimum atomic E-state index is -0.165. The lowest BCUT2D eigenvalue weighted by Crippen LogP contribution is -2.08. The summed E-state index contributed by atoms with van der Waals surface area (Å²) in [6.07, 6.45) is 3.55. The summed E-state index contributed by atoms with van der Waals surface area (Å²) in [5.41, 5.74) is 5.06. The molecular formula is C22H25NO2. The Labute approximate surface area is 149 Å². The van der Waals surface area contributed by atoms with Gasteiger partial charge in [0.2, 0.25) is 0 Å². The van der Waals surface area contributed by atoms with Crippen LogP contribution in [0.4, 0.5) is 0 Å². The zero-order chi connectivity index (χ0) is 17.8. The van der Waals surface area contributed by atoms with Crippen LogP contribution in [0.1, 0.15) is 42.9 Å². The summed E-state index contributed by atoms with van der Waals surface area (Å²) in [6, 6.07) is 17.0. The van der Waals surface area contributed by atoms with Gasteiger partial charge in [-0.25, -0.2) is 0 Å². The third kappa shape index (κ3) is 3.60. The number of nitrogens with zero attached hydrogens (tertiary/aromatic N) is 1. The number of aryl methyl sites for hydroxylation is 1. The molecule has 3 aromatic rings. The van der Waals surface area contributed by atoms with Gasteiger partial charge in [0.1, 0.15) is 0 Å². The molecule has 0 N–H and O–H groups in total. The highest BCUT2D eigenvalue weighted by Crippen LogP contribution is 2.32. The van der Waals surface area contributed by atoms with Crippen LogP contribution in [-0.2, 0) is 22.5 Å². The van der Waals surface area contributed by atoms with Crippen LogP contribution in [0.25, 0.3) is 10.9 Å². The molecule has 0 fully saturated rings. The van der Waals surface area contributed by atoms with Gasteiger partial charge in [-0.3, -0.25) is 4.79 Å². The second-order valence-corrected chi connectivity index (χ2v) is 6.54. The van der Waals surface area contributed by atoms with E-state index in [2.05, 4.69) is 67.1 Å². The number of carbonyl (C=O) groups is 1. The van der Waals surface area contributed by atoms with Crippen LogP contribution in [-0.4, -0.2) is 17.6 Å². The van der Waals surface area contributed by atoms with Crippen molar-refractivity contribution in [1.82, 2.24) is 4.57 Å². The van der Waals surface area contributed by atoms with E-state index in [0.29, 0.717) is 6.42 Å².